The minimum absolute atomic E-state index is 0.125. The van der Waals surface area contributed by atoms with Crippen LogP contribution < -0.4 is 0 Å². The summed E-state index contributed by atoms with van der Waals surface area (Å²) in [5.41, 5.74) is 2.06. The molecule has 18 heavy (non-hydrogen) atoms. The quantitative estimate of drug-likeness (QED) is 0.811. The van der Waals surface area contributed by atoms with Crippen LogP contribution in [0.5, 0.6) is 0 Å². The Morgan fingerprint density at radius 3 is 2.61 bits per heavy atom. The number of aliphatic hydroxyl groups is 1. The smallest absolute Gasteiger partial charge is 0.196 e. The number of carbonyl (C=O) groups is 1. The fraction of sp³-hybridized carbons (Fsp3) is 0.188. The number of rotatable bonds is 3. The van der Waals surface area contributed by atoms with Crippen LogP contribution in [0.3, 0.4) is 0 Å². The van der Waals surface area contributed by atoms with Crippen LogP contribution in [0.2, 0.25) is 0 Å². The van der Waals surface area contributed by atoms with Crippen LogP contribution in [0.4, 0.5) is 0 Å². The average Bonchev–Trinajstić information content (AvgIpc) is 2.40. The Morgan fingerprint density at radius 2 is 2.00 bits per heavy atom. The molecule has 0 bridgehead atoms. The number of Topliss-reactive ketones (excluding diaryl/α,β-unsaturated/α-hetero) is 1. The van der Waals surface area contributed by atoms with Gasteiger partial charge in [0.25, 0.3) is 0 Å². The van der Waals surface area contributed by atoms with Crippen LogP contribution in [0, 0.1) is 0 Å². The topological polar surface area (TPSA) is 37.3 Å². The van der Waals surface area contributed by atoms with Crippen molar-refractivity contribution in [2.45, 2.75) is 19.8 Å². The van der Waals surface area contributed by atoms with Gasteiger partial charge in [-0.05, 0) is 18.1 Å². The highest BCUT2D eigenvalue weighted by molar-refractivity contribution is 6.11. The number of hydrogen-bond donors (Lipinski definition) is 1. The maximum Gasteiger partial charge on any atom is 0.196 e. The lowest BCUT2D eigenvalue weighted by Crippen LogP contribution is -2.08. The van der Waals surface area contributed by atoms with E-state index in [-0.39, 0.29) is 11.5 Å². The van der Waals surface area contributed by atoms with Gasteiger partial charge in [0.2, 0.25) is 0 Å². The van der Waals surface area contributed by atoms with Gasteiger partial charge >= 0.3 is 0 Å². The Kier molecular flexibility index (Phi) is 3.78. The zero-order valence-electron chi connectivity index (χ0n) is 10.4. The minimum Gasteiger partial charge on any atom is -0.511 e. The highest BCUT2D eigenvalue weighted by Gasteiger charge is 2.18. The standard InChI is InChI=1S/C16H16O2/c1-2-6-12-9-10-14(15(17)11-12)16(18)13-7-4-3-5-8-13/h3-10,17H,2,11H2,1H3. The van der Waals surface area contributed by atoms with Crippen molar-refractivity contribution in [1.29, 1.82) is 0 Å². The van der Waals surface area contributed by atoms with Crippen LogP contribution >= 0.6 is 0 Å². The van der Waals surface area contributed by atoms with Gasteiger partial charge in [-0.3, -0.25) is 4.79 Å². The summed E-state index contributed by atoms with van der Waals surface area (Å²) in [5, 5.41) is 9.96. The summed E-state index contributed by atoms with van der Waals surface area (Å²) >= 11 is 0. The molecule has 92 valence electrons. The second kappa shape index (κ2) is 5.50. The molecule has 1 aromatic carbocycles. The molecule has 1 N–H and O–H groups in total. The molecule has 0 amide bonds. The third kappa shape index (κ3) is 2.59. The summed E-state index contributed by atoms with van der Waals surface area (Å²) in [6.07, 6.45) is 7.03. The molecule has 1 aliphatic carbocycles. The Hall–Kier alpha value is -2.09. The molecule has 2 rings (SSSR count). The zero-order chi connectivity index (χ0) is 13.0. The molecule has 0 saturated carbocycles. The normalized spacial score (nSPS) is 17.3. The first-order chi connectivity index (χ1) is 8.72. The van der Waals surface area contributed by atoms with E-state index in [1.807, 2.05) is 31.2 Å². The lowest BCUT2D eigenvalue weighted by molar-refractivity contribution is 0.103. The second-order valence-electron chi connectivity index (χ2n) is 4.25. The molecule has 0 atom stereocenters. The van der Waals surface area contributed by atoms with Crippen molar-refractivity contribution in [3.63, 3.8) is 0 Å². The molecule has 0 aromatic heterocycles. The van der Waals surface area contributed by atoms with E-state index in [1.165, 1.54) is 0 Å². The van der Waals surface area contributed by atoms with Crippen LogP contribution in [0.25, 0.3) is 0 Å². The van der Waals surface area contributed by atoms with Gasteiger partial charge in [0.1, 0.15) is 5.76 Å². The van der Waals surface area contributed by atoms with E-state index in [9.17, 15) is 9.90 Å². The Balaban J connectivity index is 2.26. The molecule has 0 heterocycles. The van der Waals surface area contributed by atoms with Crippen molar-refractivity contribution in [2.75, 3.05) is 0 Å². The van der Waals surface area contributed by atoms with E-state index in [1.54, 1.807) is 18.2 Å². The van der Waals surface area contributed by atoms with Gasteiger partial charge in [0, 0.05) is 12.0 Å². The summed E-state index contributed by atoms with van der Waals surface area (Å²) in [5.74, 6) is 0.0333. The second-order valence-corrected chi connectivity index (χ2v) is 4.25. The van der Waals surface area contributed by atoms with E-state index >= 15 is 0 Å². The molecule has 0 aliphatic heterocycles. The highest BCUT2D eigenvalue weighted by atomic mass is 16.3. The van der Waals surface area contributed by atoms with Crippen LogP contribution in [0.1, 0.15) is 30.1 Å². The van der Waals surface area contributed by atoms with Crippen LogP contribution in [-0.2, 0) is 0 Å². The Bertz CT molecular complexity index is 533. The largest absolute Gasteiger partial charge is 0.511 e. The van der Waals surface area contributed by atoms with Crippen molar-refractivity contribution < 1.29 is 9.90 Å². The predicted molar refractivity (Wildman–Crippen MR) is 72.6 cm³/mol. The number of benzene rings is 1. The highest BCUT2D eigenvalue weighted by Crippen LogP contribution is 2.24. The third-order valence-corrected chi connectivity index (χ3v) is 2.89. The Labute approximate surface area is 107 Å². The average molecular weight is 240 g/mol. The third-order valence-electron chi connectivity index (χ3n) is 2.89. The number of carbonyl (C=O) groups excluding carboxylic acids is 1. The summed E-state index contributed by atoms with van der Waals surface area (Å²) < 4.78 is 0. The first kappa shape index (κ1) is 12.4. The maximum atomic E-state index is 12.2. The van der Waals surface area contributed by atoms with Gasteiger partial charge in [-0.25, -0.2) is 0 Å². The SMILES string of the molecule is CCC=C1C=CC(C(=O)c2ccccc2)=C(O)C1. The fourth-order valence-corrected chi connectivity index (χ4v) is 1.99. The van der Waals surface area contributed by atoms with Crippen molar-refractivity contribution in [3.8, 4) is 0 Å². The molecular formula is C16H16O2. The van der Waals surface area contributed by atoms with E-state index in [2.05, 4.69) is 6.08 Å². The fourth-order valence-electron chi connectivity index (χ4n) is 1.99. The summed E-state index contributed by atoms with van der Waals surface area (Å²) in [6, 6.07) is 9.02. The number of allylic oxidation sites excluding steroid dienone is 5. The molecule has 0 fully saturated rings. The first-order valence-electron chi connectivity index (χ1n) is 6.11. The molecule has 0 unspecified atom stereocenters. The van der Waals surface area contributed by atoms with E-state index in [0.29, 0.717) is 17.6 Å². The van der Waals surface area contributed by atoms with E-state index < -0.39 is 0 Å². The van der Waals surface area contributed by atoms with Gasteiger partial charge < -0.3 is 5.11 Å². The molecule has 0 radical (unpaired) electrons. The van der Waals surface area contributed by atoms with Gasteiger partial charge in [-0.1, -0.05) is 49.4 Å². The minimum atomic E-state index is -0.125. The summed E-state index contributed by atoms with van der Waals surface area (Å²) in [7, 11) is 0. The van der Waals surface area contributed by atoms with Crippen molar-refractivity contribution in [1.82, 2.24) is 0 Å². The number of aliphatic hydroxyl groups excluding tert-OH is 1. The van der Waals surface area contributed by atoms with E-state index in [0.717, 1.165) is 12.0 Å². The van der Waals surface area contributed by atoms with E-state index in [4.69, 9.17) is 0 Å². The summed E-state index contributed by atoms with van der Waals surface area (Å²) in [6.45, 7) is 2.05. The van der Waals surface area contributed by atoms with Gasteiger partial charge in [0.05, 0.1) is 5.57 Å². The molecule has 0 spiro atoms. The predicted octanol–water partition coefficient (Wildman–Crippen LogP) is 3.98. The van der Waals surface area contributed by atoms with Crippen LogP contribution in [-0.4, -0.2) is 10.9 Å². The monoisotopic (exact) mass is 240 g/mol. The van der Waals surface area contributed by atoms with Gasteiger partial charge in [-0.2, -0.15) is 0 Å². The molecule has 0 saturated heterocycles. The van der Waals surface area contributed by atoms with Gasteiger partial charge in [0.15, 0.2) is 5.78 Å². The lowest BCUT2D eigenvalue weighted by atomic mass is 9.94. The number of hydrogen-bond acceptors (Lipinski definition) is 2. The molecule has 2 nitrogen and oxygen atoms in total. The maximum absolute atomic E-state index is 12.2. The first-order valence-corrected chi connectivity index (χ1v) is 6.11. The molecule has 2 heteroatoms. The van der Waals surface area contributed by atoms with Gasteiger partial charge in [-0.15, -0.1) is 0 Å². The number of ketones is 1. The Morgan fingerprint density at radius 1 is 1.28 bits per heavy atom. The van der Waals surface area contributed by atoms with Crippen molar-refractivity contribution in [3.05, 3.63) is 71.0 Å². The zero-order valence-corrected chi connectivity index (χ0v) is 10.4. The van der Waals surface area contributed by atoms with Crippen LogP contribution in [0.15, 0.2) is 65.5 Å². The lowest BCUT2D eigenvalue weighted by Gasteiger charge is -2.12. The molecule has 1 aromatic rings. The molecular weight excluding hydrogens is 224 g/mol. The van der Waals surface area contributed by atoms with Crippen molar-refractivity contribution >= 4 is 5.78 Å². The van der Waals surface area contributed by atoms with Crippen molar-refractivity contribution in [2.24, 2.45) is 0 Å². The molecule has 1 aliphatic rings. The summed E-state index contributed by atoms with van der Waals surface area (Å²) in [4.78, 5) is 12.2.